The van der Waals surface area contributed by atoms with Crippen LogP contribution in [0.3, 0.4) is 0 Å². The lowest BCUT2D eigenvalue weighted by molar-refractivity contribution is 0.142. The lowest BCUT2D eigenvalue weighted by Crippen LogP contribution is -2.26. The number of nitrogens with zero attached hydrogens (tertiary/aromatic N) is 2. The van der Waals surface area contributed by atoms with Crippen molar-refractivity contribution in [2.24, 2.45) is 11.8 Å². The van der Waals surface area contributed by atoms with E-state index in [2.05, 4.69) is 41.8 Å². The van der Waals surface area contributed by atoms with Crippen LogP contribution in [-0.4, -0.2) is 28.8 Å². The van der Waals surface area contributed by atoms with E-state index in [1.807, 2.05) is 6.92 Å². The molecule has 3 unspecified atom stereocenters. The number of anilines is 1. The van der Waals surface area contributed by atoms with Crippen LogP contribution in [0.25, 0.3) is 0 Å². The molecule has 0 amide bonds. The van der Waals surface area contributed by atoms with Gasteiger partial charge in [-0.25, -0.2) is 4.98 Å². The van der Waals surface area contributed by atoms with Gasteiger partial charge in [-0.1, -0.05) is 20.3 Å². The summed E-state index contributed by atoms with van der Waals surface area (Å²) in [5.74, 6) is 2.64. The summed E-state index contributed by atoms with van der Waals surface area (Å²) >= 11 is 0. The van der Waals surface area contributed by atoms with E-state index in [0.29, 0.717) is 6.04 Å². The van der Waals surface area contributed by atoms with Crippen LogP contribution >= 0.6 is 0 Å². The van der Waals surface area contributed by atoms with Crippen molar-refractivity contribution in [1.29, 1.82) is 0 Å². The van der Waals surface area contributed by atoms with E-state index in [4.69, 9.17) is 4.74 Å². The number of nitrogens with one attached hydrogen (secondary N) is 1. The molecule has 1 fully saturated rings. The summed E-state index contributed by atoms with van der Waals surface area (Å²) in [7, 11) is 0. The minimum Gasteiger partial charge on any atom is -0.382 e. The smallest absolute Gasteiger partial charge is 0.203 e. The normalized spacial score (nSPS) is 25.4. The Morgan fingerprint density at radius 1 is 1.38 bits per heavy atom. The van der Waals surface area contributed by atoms with Gasteiger partial charge in [0.05, 0.1) is 5.69 Å². The minimum absolute atomic E-state index is 0.572. The Labute approximate surface area is 129 Å². The van der Waals surface area contributed by atoms with Gasteiger partial charge in [0.2, 0.25) is 5.95 Å². The summed E-state index contributed by atoms with van der Waals surface area (Å²) in [6.07, 6.45) is 7.09. The monoisotopic (exact) mass is 293 g/mol. The Bertz CT molecular complexity index is 430. The van der Waals surface area contributed by atoms with Crippen molar-refractivity contribution in [2.75, 3.05) is 18.5 Å². The average molecular weight is 293 g/mol. The van der Waals surface area contributed by atoms with Gasteiger partial charge in [0.25, 0.3) is 0 Å². The number of rotatable bonds is 8. The Kier molecular flexibility index (Phi) is 6.09. The first-order valence-corrected chi connectivity index (χ1v) is 8.53. The van der Waals surface area contributed by atoms with Crippen LogP contribution in [-0.2, 0) is 11.3 Å². The van der Waals surface area contributed by atoms with E-state index < -0.39 is 0 Å². The Balaban J connectivity index is 1.93. The minimum atomic E-state index is 0.572. The number of imidazole rings is 1. The maximum Gasteiger partial charge on any atom is 0.203 e. The molecule has 4 heteroatoms. The van der Waals surface area contributed by atoms with Gasteiger partial charge in [-0.3, -0.25) is 0 Å². The molecule has 3 atom stereocenters. The van der Waals surface area contributed by atoms with Gasteiger partial charge in [0, 0.05) is 32.0 Å². The van der Waals surface area contributed by atoms with E-state index in [0.717, 1.165) is 49.7 Å². The van der Waals surface area contributed by atoms with Crippen molar-refractivity contribution in [2.45, 2.75) is 66.0 Å². The number of hydrogen-bond acceptors (Lipinski definition) is 3. The van der Waals surface area contributed by atoms with Crippen molar-refractivity contribution in [3.05, 3.63) is 11.9 Å². The van der Waals surface area contributed by atoms with E-state index in [1.54, 1.807) is 0 Å². The predicted octanol–water partition coefficient (Wildman–Crippen LogP) is 3.85. The molecule has 0 saturated heterocycles. The van der Waals surface area contributed by atoms with Crippen LogP contribution in [0.5, 0.6) is 0 Å². The molecular weight excluding hydrogens is 262 g/mol. The summed E-state index contributed by atoms with van der Waals surface area (Å²) in [6, 6.07) is 0.572. The molecule has 1 saturated carbocycles. The van der Waals surface area contributed by atoms with E-state index in [1.165, 1.54) is 19.3 Å². The van der Waals surface area contributed by atoms with Crippen molar-refractivity contribution in [1.82, 2.24) is 9.55 Å². The third-order valence-electron chi connectivity index (χ3n) is 4.85. The fourth-order valence-electron chi connectivity index (χ4n) is 3.51. The molecule has 1 heterocycles. The van der Waals surface area contributed by atoms with Crippen LogP contribution in [0.15, 0.2) is 6.20 Å². The molecule has 1 N–H and O–H groups in total. The van der Waals surface area contributed by atoms with Crippen LogP contribution < -0.4 is 5.32 Å². The van der Waals surface area contributed by atoms with Crippen molar-refractivity contribution < 1.29 is 4.74 Å². The zero-order chi connectivity index (χ0) is 15.2. The quantitative estimate of drug-likeness (QED) is 0.740. The number of aryl methyl sites for hydroxylation is 2. The highest BCUT2D eigenvalue weighted by Crippen LogP contribution is 2.35. The van der Waals surface area contributed by atoms with Crippen molar-refractivity contribution in [3.63, 3.8) is 0 Å². The molecule has 120 valence electrons. The average Bonchev–Trinajstić information content (AvgIpc) is 2.99. The second-order valence-electron chi connectivity index (χ2n) is 6.31. The van der Waals surface area contributed by atoms with Crippen LogP contribution in [0, 0.1) is 18.8 Å². The molecule has 0 spiro atoms. The van der Waals surface area contributed by atoms with E-state index in [9.17, 15) is 0 Å². The predicted molar refractivity (Wildman–Crippen MR) is 87.7 cm³/mol. The first kappa shape index (κ1) is 16.3. The summed E-state index contributed by atoms with van der Waals surface area (Å²) in [5, 5.41) is 3.70. The van der Waals surface area contributed by atoms with Gasteiger partial charge in [-0.2, -0.15) is 0 Å². The summed E-state index contributed by atoms with van der Waals surface area (Å²) in [5.41, 5.74) is 1.09. The highest BCUT2D eigenvalue weighted by Gasteiger charge is 2.32. The lowest BCUT2D eigenvalue weighted by Gasteiger charge is -2.22. The zero-order valence-corrected chi connectivity index (χ0v) is 14.1. The van der Waals surface area contributed by atoms with Crippen LogP contribution in [0.4, 0.5) is 5.95 Å². The number of aromatic nitrogens is 2. The Morgan fingerprint density at radius 2 is 2.19 bits per heavy atom. The highest BCUT2D eigenvalue weighted by atomic mass is 16.5. The molecule has 4 nitrogen and oxygen atoms in total. The SMILES string of the molecule is CCOCCCn1cc(C)nc1NC1CCC(CC)C1C. The molecule has 1 aromatic heterocycles. The molecular formula is C17H31N3O. The summed E-state index contributed by atoms with van der Waals surface area (Å²) < 4.78 is 7.68. The fourth-order valence-corrected chi connectivity index (χ4v) is 3.51. The van der Waals surface area contributed by atoms with Crippen LogP contribution in [0.2, 0.25) is 0 Å². The Morgan fingerprint density at radius 3 is 2.86 bits per heavy atom. The fraction of sp³-hybridized carbons (Fsp3) is 0.824. The maximum atomic E-state index is 5.43. The first-order chi connectivity index (χ1) is 10.2. The molecule has 1 aliphatic carbocycles. The van der Waals surface area contributed by atoms with E-state index >= 15 is 0 Å². The summed E-state index contributed by atoms with van der Waals surface area (Å²) in [4.78, 5) is 4.67. The first-order valence-electron chi connectivity index (χ1n) is 8.53. The molecule has 0 radical (unpaired) electrons. The van der Waals surface area contributed by atoms with Gasteiger partial charge in [0.1, 0.15) is 0 Å². The molecule has 0 aliphatic heterocycles. The zero-order valence-electron chi connectivity index (χ0n) is 14.1. The standard InChI is InChI=1S/C17H31N3O/c1-5-15-8-9-16(14(15)4)19-17-18-13(3)12-20(17)10-7-11-21-6-2/h12,14-16H,5-11H2,1-4H3,(H,18,19). The summed E-state index contributed by atoms with van der Waals surface area (Å²) in [6.45, 7) is 11.4. The Hall–Kier alpha value is -1.03. The molecule has 2 rings (SSSR count). The topological polar surface area (TPSA) is 39.1 Å². The second-order valence-corrected chi connectivity index (χ2v) is 6.31. The second kappa shape index (κ2) is 7.83. The number of ether oxygens (including phenoxy) is 1. The highest BCUT2D eigenvalue weighted by molar-refractivity contribution is 5.31. The largest absolute Gasteiger partial charge is 0.382 e. The maximum absolute atomic E-state index is 5.43. The molecule has 1 aliphatic rings. The molecule has 0 aromatic carbocycles. The van der Waals surface area contributed by atoms with Crippen molar-refractivity contribution in [3.8, 4) is 0 Å². The molecule has 21 heavy (non-hydrogen) atoms. The van der Waals surface area contributed by atoms with Gasteiger partial charge >= 0.3 is 0 Å². The number of hydrogen-bond donors (Lipinski definition) is 1. The third kappa shape index (κ3) is 4.22. The van der Waals surface area contributed by atoms with Crippen LogP contribution in [0.1, 0.15) is 52.1 Å². The molecule has 1 aromatic rings. The van der Waals surface area contributed by atoms with E-state index in [-0.39, 0.29) is 0 Å². The molecule has 0 bridgehead atoms. The van der Waals surface area contributed by atoms with Gasteiger partial charge in [-0.15, -0.1) is 0 Å². The van der Waals surface area contributed by atoms with Gasteiger partial charge in [-0.05, 0) is 44.9 Å². The third-order valence-corrected chi connectivity index (χ3v) is 4.85. The van der Waals surface area contributed by atoms with Gasteiger partial charge < -0.3 is 14.6 Å². The van der Waals surface area contributed by atoms with Crippen molar-refractivity contribution >= 4 is 5.95 Å². The lowest BCUT2D eigenvalue weighted by atomic mass is 9.94. The van der Waals surface area contributed by atoms with Gasteiger partial charge in [0.15, 0.2) is 0 Å².